The van der Waals surface area contributed by atoms with Gasteiger partial charge in [0.15, 0.2) is 0 Å². The SMILES string of the molecule is C=C/C(=C\C=C\Nc1ccc(C2=CC=CCCC2)cc1)c1ccccc1. The van der Waals surface area contributed by atoms with E-state index in [2.05, 4.69) is 72.6 Å². The highest BCUT2D eigenvalue weighted by Crippen LogP contribution is 2.24. The fraction of sp³-hybridized carbons (Fsp3) is 0.120. The summed E-state index contributed by atoms with van der Waals surface area (Å²) in [6.07, 6.45) is 18.1. The monoisotopic (exact) mass is 339 g/mol. The molecular weight excluding hydrogens is 314 g/mol. The number of anilines is 1. The van der Waals surface area contributed by atoms with E-state index in [-0.39, 0.29) is 0 Å². The van der Waals surface area contributed by atoms with Crippen molar-refractivity contribution in [2.75, 3.05) is 5.32 Å². The second kappa shape index (κ2) is 9.43. The van der Waals surface area contributed by atoms with Crippen molar-refractivity contribution < 1.29 is 0 Å². The highest BCUT2D eigenvalue weighted by molar-refractivity contribution is 5.74. The highest BCUT2D eigenvalue weighted by Gasteiger charge is 2.02. The summed E-state index contributed by atoms with van der Waals surface area (Å²) in [5.74, 6) is 0. The van der Waals surface area contributed by atoms with E-state index in [9.17, 15) is 0 Å². The summed E-state index contributed by atoms with van der Waals surface area (Å²) in [7, 11) is 0. The standard InChI is InChI=1S/C25H25N/c1-2-21(22-11-8-5-9-12-22)15-10-20-26-25-18-16-24(17-19-25)23-13-6-3-4-7-14-23/h2-3,5-6,8-13,15-20,26H,1,4,7,14H2/b20-10+,21-15+. The summed E-state index contributed by atoms with van der Waals surface area (Å²) < 4.78 is 0. The topological polar surface area (TPSA) is 12.0 Å². The smallest absolute Gasteiger partial charge is 0.0380 e. The first kappa shape index (κ1) is 17.8. The Labute approximate surface area is 156 Å². The predicted molar refractivity (Wildman–Crippen MR) is 115 cm³/mol. The lowest BCUT2D eigenvalue weighted by atomic mass is 10.0. The van der Waals surface area contributed by atoms with Gasteiger partial charge in [-0.2, -0.15) is 0 Å². The van der Waals surface area contributed by atoms with Gasteiger partial charge in [0.05, 0.1) is 0 Å². The molecule has 2 aromatic carbocycles. The molecule has 1 aliphatic rings. The van der Waals surface area contributed by atoms with Gasteiger partial charge in [0.25, 0.3) is 0 Å². The van der Waals surface area contributed by atoms with Crippen molar-refractivity contribution in [2.45, 2.75) is 19.3 Å². The zero-order chi connectivity index (χ0) is 18.0. The molecule has 0 unspecified atom stereocenters. The van der Waals surface area contributed by atoms with Crippen molar-refractivity contribution >= 4 is 16.8 Å². The van der Waals surface area contributed by atoms with E-state index in [4.69, 9.17) is 0 Å². The highest BCUT2D eigenvalue weighted by atomic mass is 14.8. The molecule has 0 radical (unpaired) electrons. The maximum absolute atomic E-state index is 3.90. The van der Waals surface area contributed by atoms with Gasteiger partial charge in [0.2, 0.25) is 0 Å². The van der Waals surface area contributed by atoms with Crippen molar-refractivity contribution in [3.8, 4) is 0 Å². The number of hydrogen-bond donors (Lipinski definition) is 1. The summed E-state index contributed by atoms with van der Waals surface area (Å²) in [6, 6.07) is 18.9. The van der Waals surface area contributed by atoms with Crippen molar-refractivity contribution in [1.29, 1.82) is 0 Å². The van der Waals surface area contributed by atoms with Crippen LogP contribution in [-0.2, 0) is 0 Å². The Balaban J connectivity index is 1.61. The molecule has 26 heavy (non-hydrogen) atoms. The molecule has 0 atom stereocenters. The lowest BCUT2D eigenvalue weighted by molar-refractivity contribution is 0.886. The van der Waals surface area contributed by atoms with Crippen LogP contribution >= 0.6 is 0 Å². The Bertz CT molecular complexity index is 833. The number of rotatable bonds is 6. The number of allylic oxidation sites excluding steroid dienone is 8. The second-order valence-electron chi connectivity index (χ2n) is 6.29. The maximum atomic E-state index is 3.90. The van der Waals surface area contributed by atoms with Gasteiger partial charge in [-0.25, -0.2) is 0 Å². The van der Waals surface area contributed by atoms with Crippen LogP contribution in [-0.4, -0.2) is 0 Å². The van der Waals surface area contributed by atoms with Crippen molar-refractivity contribution in [2.24, 2.45) is 0 Å². The zero-order valence-electron chi connectivity index (χ0n) is 15.1. The van der Waals surface area contributed by atoms with Gasteiger partial charge in [-0.15, -0.1) is 0 Å². The predicted octanol–water partition coefficient (Wildman–Crippen LogP) is 7.01. The molecule has 0 saturated heterocycles. The molecule has 1 nitrogen and oxygen atoms in total. The van der Waals surface area contributed by atoms with E-state index < -0.39 is 0 Å². The lowest BCUT2D eigenvalue weighted by Gasteiger charge is -2.07. The largest absolute Gasteiger partial charge is 0.362 e. The van der Waals surface area contributed by atoms with Gasteiger partial charge in [-0.3, -0.25) is 0 Å². The van der Waals surface area contributed by atoms with Gasteiger partial charge in [0, 0.05) is 11.9 Å². The molecule has 3 rings (SSSR count). The van der Waals surface area contributed by atoms with Crippen LogP contribution in [0.2, 0.25) is 0 Å². The van der Waals surface area contributed by atoms with E-state index in [1.165, 1.54) is 29.5 Å². The molecule has 0 amide bonds. The summed E-state index contributed by atoms with van der Waals surface area (Å²) in [5.41, 5.74) is 6.09. The van der Waals surface area contributed by atoms with Crippen LogP contribution in [0.4, 0.5) is 5.69 Å². The average Bonchev–Trinajstić information content (AvgIpc) is 2.99. The van der Waals surface area contributed by atoms with Crippen molar-refractivity contribution in [3.05, 3.63) is 115 Å². The fourth-order valence-electron chi connectivity index (χ4n) is 3.00. The summed E-state index contributed by atoms with van der Waals surface area (Å²) in [4.78, 5) is 0. The van der Waals surface area contributed by atoms with Crippen molar-refractivity contribution in [3.63, 3.8) is 0 Å². The minimum atomic E-state index is 1.09. The Morgan fingerprint density at radius 2 is 1.81 bits per heavy atom. The van der Waals surface area contributed by atoms with Gasteiger partial charge < -0.3 is 5.32 Å². The van der Waals surface area contributed by atoms with Crippen LogP contribution in [0.25, 0.3) is 11.1 Å². The molecule has 0 heterocycles. The van der Waals surface area contributed by atoms with Gasteiger partial charge in [-0.05, 0) is 59.7 Å². The van der Waals surface area contributed by atoms with E-state index >= 15 is 0 Å². The third-order valence-corrected chi connectivity index (χ3v) is 4.46. The van der Waals surface area contributed by atoms with E-state index in [0.29, 0.717) is 0 Å². The van der Waals surface area contributed by atoms with Gasteiger partial charge in [0.1, 0.15) is 0 Å². The molecule has 0 aromatic heterocycles. The second-order valence-corrected chi connectivity index (χ2v) is 6.29. The van der Waals surface area contributed by atoms with Crippen LogP contribution < -0.4 is 5.32 Å². The van der Waals surface area contributed by atoms with Gasteiger partial charge in [-0.1, -0.05) is 79.4 Å². The Hall–Kier alpha value is -3.06. The maximum Gasteiger partial charge on any atom is 0.0380 e. The molecule has 0 aliphatic heterocycles. The van der Waals surface area contributed by atoms with Crippen molar-refractivity contribution in [1.82, 2.24) is 0 Å². The zero-order valence-corrected chi connectivity index (χ0v) is 15.1. The molecule has 0 saturated carbocycles. The summed E-state index contributed by atoms with van der Waals surface area (Å²) >= 11 is 0. The first-order valence-corrected chi connectivity index (χ1v) is 9.14. The molecule has 130 valence electrons. The number of hydrogen-bond acceptors (Lipinski definition) is 1. The molecule has 1 aliphatic carbocycles. The van der Waals surface area contributed by atoms with Crippen LogP contribution in [0.3, 0.4) is 0 Å². The quantitative estimate of drug-likeness (QED) is 0.558. The minimum Gasteiger partial charge on any atom is -0.362 e. The first-order chi connectivity index (χ1) is 12.9. The number of nitrogens with one attached hydrogen (secondary N) is 1. The minimum absolute atomic E-state index is 1.09. The molecule has 2 aromatic rings. The van der Waals surface area contributed by atoms with Crippen LogP contribution in [0.15, 0.2) is 104 Å². The first-order valence-electron chi connectivity index (χ1n) is 9.14. The molecule has 0 spiro atoms. The third-order valence-electron chi connectivity index (χ3n) is 4.46. The molecule has 0 fully saturated rings. The fourth-order valence-corrected chi connectivity index (χ4v) is 3.00. The Kier molecular flexibility index (Phi) is 6.44. The summed E-state index contributed by atoms with van der Waals surface area (Å²) in [6.45, 7) is 3.90. The third kappa shape index (κ3) is 4.97. The van der Waals surface area contributed by atoms with Crippen LogP contribution in [0.1, 0.15) is 30.4 Å². The number of benzene rings is 2. The van der Waals surface area contributed by atoms with Crippen LogP contribution in [0, 0.1) is 0 Å². The normalized spacial score (nSPS) is 14.8. The Morgan fingerprint density at radius 3 is 2.58 bits per heavy atom. The summed E-state index contributed by atoms with van der Waals surface area (Å²) in [5, 5.41) is 3.33. The van der Waals surface area contributed by atoms with E-state index in [1.807, 2.05) is 36.6 Å². The van der Waals surface area contributed by atoms with Gasteiger partial charge >= 0.3 is 0 Å². The molecule has 0 bridgehead atoms. The molecular formula is C25H25N. The molecule has 1 heteroatoms. The lowest BCUT2D eigenvalue weighted by Crippen LogP contribution is -1.89. The average molecular weight is 339 g/mol. The Morgan fingerprint density at radius 1 is 1.00 bits per heavy atom. The van der Waals surface area contributed by atoms with E-state index in [1.54, 1.807) is 0 Å². The van der Waals surface area contributed by atoms with E-state index in [0.717, 1.165) is 17.7 Å². The van der Waals surface area contributed by atoms with Crippen LogP contribution in [0.5, 0.6) is 0 Å². The molecule has 1 N–H and O–H groups in total.